The Morgan fingerprint density at radius 2 is 1.96 bits per heavy atom. The monoisotopic (exact) mass is 411 g/mol. The molecule has 1 amide bonds. The second-order valence-corrected chi connectivity index (χ2v) is 9.28. The van der Waals surface area contributed by atoms with Crippen LogP contribution >= 0.6 is 0 Å². The molecule has 0 spiro atoms. The van der Waals surface area contributed by atoms with Crippen LogP contribution in [0.4, 0.5) is 0 Å². The van der Waals surface area contributed by atoms with Crippen molar-refractivity contribution in [3.8, 4) is 5.75 Å². The lowest BCUT2D eigenvalue weighted by Crippen LogP contribution is -2.50. The van der Waals surface area contributed by atoms with E-state index >= 15 is 0 Å². The van der Waals surface area contributed by atoms with E-state index in [0.717, 1.165) is 19.6 Å². The van der Waals surface area contributed by atoms with Gasteiger partial charge in [-0.25, -0.2) is 8.42 Å². The SMILES string of the molecule is COCCN1CC[C@@H]2[C@@H](CC1)Oc1ccccc1S(=O)(=O)N2CC(=O)N(C)C. The highest BCUT2D eigenvalue weighted by Crippen LogP contribution is 2.36. The number of carbonyl (C=O) groups excluding carboxylic acids is 1. The van der Waals surface area contributed by atoms with Gasteiger partial charge in [0.1, 0.15) is 16.7 Å². The third-order valence-corrected chi connectivity index (χ3v) is 7.30. The summed E-state index contributed by atoms with van der Waals surface area (Å²) < 4.78 is 39.6. The highest BCUT2D eigenvalue weighted by atomic mass is 32.2. The molecule has 2 heterocycles. The third-order valence-electron chi connectivity index (χ3n) is 5.39. The van der Waals surface area contributed by atoms with Gasteiger partial charge in [0.15, 0.2) is 0 Å². The molecule has 0 N–H and O–H groups in total. The molecule has 2 atom stereocenters. The van der Waals surface area contributed by atoms with Crippen molar-refractivity contribution >= 4 is 15.9 Å². The molecule has 0 radical (unpaired) electrons. The van der Waals surface area contributed by atoms with Crippen molar-refractivity contribution in [1.29, 1.82) is 0 Å². The van der Waals surface area contributed by atoms with E-state index in [1.807, 2.05) is 0 Å². The molecule has 0 aromatic heterocycles. The van der Waals surface area contributed by atoms with Gasteiger partial charge in [0.25, 0.3) is 0 Å². The van der Waals surface area contributed by atoms with Crippen LogP contribution in [0.15, 0.2) is 29.2 Å². The number of rotatable bonds is 5. The Hall–Kier alpha value is -1.68. The van der Waals surface area contributed by atoms with Gasteiger partial charge in [-0.15, -0.1) is 0 Å². The van der Waals surface area contributed by atoms with Crippen molar-refractivity contribution in [3.05, 3.63) is 24.3 Å². The molecule has 0 unspecified atom stereocenters. The Morgan fingerprint density at radius 3 is 2.68 bits per heavy atom. The van der Waals surface area contributed by atoms with Gasteiger partial charge in [-0.05, 0) is 31.5 Å². The van der Waals surface area contributed by atoms with Gasteiger partial charge in [0.2, 0.25) is 15.9 Å². The predicted molar refractivity (Wildman–Crippen MR) is 105 cm³/mol. The predicted octanol–water partition coefficient (Wildman–Crippen LogP) is 0.637. The maximum atomic E-state index is 13.4. The van der Waals surface area contributed by atoms with Gasteiger partial charge in [-0.1, -0.05) is 12.1 Å². The molecule has 0 aliphatic carbocycles. The maximum Gasteiger partial charge on any atom is 0.247 e. The zero-order valence-corrected chi connectivity index (χ0v) is 17.5. The fourth-order valence-corrected chi connectivity index (χ4v) is 5.48. The Balaban J connectivity index is 1.97. The summed E-state index contributed by atoms with van der Waals surface area (Å²) in [6.07, 6.45) is 0.980. The Kier molecular flexibility index (Phi) is 6.59. The number of ether oxygens (including phenoxy) is 2. The van der Waals surface area contributed by atoms with E-state index in [-0.39, 0.29) is 23.5 Å². The molecule has 2 aliphatic heterocycles. The molecule has 0 bridgehead atoms. The molecular weight excluding hydrogens is 382 g/mol. The standard InChI is InChI=1S/C19H29N3O5S/c1-20(2)19(23)14-22-15-8-10-21(12-13-26-3)11-9-16(15)27-17-6-4-5-7-18(17)28(22,24)25/h4-7,15-16H,8-14H2,1-3H3/t15-,16-/m1/s1. The molecule has 28 heavy (non-hydrogen) atoms. The van der Waals surface area contributed by atoms with Crippen LogP contribution in [-0.2, 0) is 19.6 Å². The summed E-state index contributed by atoms with van der Waals surface area (Å²) in [4.78, 5) is 16.2. The minimum Gasteiger partial charge on any atom is -0.487 e. The number of likely N-dealkylation sites (tertiary alicyclic amines) is 1. The van der Waals surface area contributed by atoms with Crippen LogP contribution in [0.5, 0.6) is 5.75 Å². The van der Waals surface area contributed by atoms with E-state index in [2.05, 4.69) is 4.90 Å². The topological polar surface area (TPSA) is 79.4 Å². The van der Waals surface area contributed by atoms with Gasteiger partial charge >= 0.3 is 0 Å². The highest BCUT2D eigenvalue weighted by Gasteiger charge is 2.44. The Morgan fingerprint density at radius 1 is 1.25 bits per heavy atom. The summed E-state index contributed by atoms with van der Waals surface area (Å²) in [7, 11) is 1.08. The highest BCUT2D eigenvalue weighted by molar-refractivity contribution is 7.89. The van der Waals surface area contributed by atoms with Crippen molar-refractivity contribution in [2.75, 3.05) is 54.0 Å². The fraction of sp³-hybridized carbons (Fsp3) is 0.632. The van der Waals surface area contributed by atoms with Crippen molar-refractivity contribution in [2.45, 2.75) is 29.9 Å². The Bertz CT molecular complexity index is 799. The first kappa shape index (κ1) is 21.0. The maximum absolute atomic E-state index is 13.4. The van der Waals surface area contributed by atoms with Crippen molar-refractivity contribution in [1.82, 2.24) is 14.1 Å². The molecule has 2 aliphatic rings. The summed E-state index contributed by atoms with van der Waals surface area (Å²) in [5.41, 5.74) is 0. The van der Waals surface area contributed by atoms with Crippen LogP contribution in [0.3, 0.4) is 0 Å². The molecule has 8 nitrogen and oxygen atoms in total. The van der Waals surface area contributed by atoms with Crippen molar-refractivity contribution < 1.29 is 22.7 Å². The first-order valence-corrected chi connectivity index (χ1v) is 11.0. The number of hydrogen-bond acceptors (Lipinski definition) is 6. The smallest absolute Gasteiger partial charge is 0.247 e. The molecule has 1 fully saturated rings. The number of benzene rings is 1. The van der Waals surface area contributed by atoms with E-state index < -0.39 is 16.1 Å². The van der Waals surface area contributed by atoms with Crippen LogP contribution in [0.2, 0.25) is 0 Å². The zero-order chi connectivity index (χ0) is 20.3. The third kappa shape index (κ3) is 4.32. The first-order valence-electron chi connectivity index (χ1n) is 9.53. The molecule has 1 aromatic rings. The normalized spacial score (nSPS) is 25.0. The summed E-state index contributed by atoms with van der Waals surface area (Å²) >= 11 is 0. The number of hydrogen-bond donors (Lipinski definition) is 0. The van der Waals surface area contributed by atoms with Crippen LogP contribution < -0.4 is 4.74 Å². The number of methoxy groups -OCH3 is 1. The molecule has 1 aromatic carbocycles. The molecular formula is C19H29N3O5S. The van der Waals surface area contributed by atoms with Gasteiger partial charge < -0.3 is 19.3 Å². The minimum absolute atomic E-state index is 0.130. The molecule has 1 saturated heterocycles. The van der Waals surface area contributed by atoms with Gasteiger partial charge in [-0.3, -0.25) is 4.79 Å². The lowest BCUT2D eigenvalue weighted by atomic mass is 10.1. The Labute approximate surface area is 167 Å². The lowest BCUT2D eigenvalue weighted by Gasteiger charge is -2.32. The minimum atomic E-state index is -3.85. The van der Waals surface area contributed by atoms with E-state index in [0.29, 0.717) is 25.2 Å². The number of para-hydroxylation sites is 1. The van der Waals surface area contributed by atoms with Crippen molar-refractivity contribution in [3.63, 3.8) is 0 Å². The number of amides is 1. The molecule has 0 saturated carbocycles. The van der Waals surface area contributed by atoms with E-state index in [9.17, 15) is 13.2 Å². The second kappa shape index (κ2) is 8.77. The quantitative estimate of drug-likeness (QED) is 0.707. The molecule has 156 valence electrons. The summed E-state index contributed by atoms with van der Waals surface area (Å²) in [5, 5.41) is 0. The van der Waals surface area contributed by atoms with E-state index in [4.69, 9.17) is 9.47 Å². The van der Waals surface area contributed by atoms with Gasteiger partial charge in [0, 0.05) is 34.3 Å². The number of sulfonamides is 1. The zero-order valence-electron chi connectivity index (χ0n) is 16.7. The van der Waals surface area contributed by atoms with Crippen LogP contribution in [-0.4, -0.2) is 94.6 Å². The fourth-order valence-electron chi connectivity index (χ4n) is 3.73. The van der Waals surface area contributed by atoms with E-state index in [1.54, 1.807) is 45.5 Å². The largest absolute Gasteiger partial charge is 0.487 e. The summed E-state index contributed by atoms with van der Waals surface area (Å²) in [5.74, 6) is 0.116. The molecule has 9 heteroatoms. The number of nitrogens with zero attached hydrogens (tertiary/aromatic N) is 3. The summed E-state index contributed by atoms with van der Waals surface area (Å²) in [6.45, 7) is 2.75. The average Bonchev–Trinajstić information content (AvgIpc) is 2.90. The number of fused-ring (bicyclic) bond motifs is 2. The summed E-state index contributed by atoms with van der Waals surface area (Å²) in [6, 6.07) is 6.29. The van der Waals surface area contributed by atoms with Crippen LogP contribution in [0.25, 0.3) is 0 Å². The first-order chi connectivity index (χ1) is 13.3. The van der Waals surface area contributed by atoms with E-state index in [1.165, 1.54) is 9.21 Å². The molecule has 3 rings (SSSR count). The van der Waals surface area contributed by atoms with Crippen LogP contribution in [0, 0.1) is 0 Å². The van der Waals surface area contributed by atoms with Crippen molar-refractivity contribution in [2.24, 2.45) is 0 Å². The van der Waals surface area contributed by atoms with Gasteiger partial charge in [0.05, 0.1) is 19.2 Å². The average molecular weight is 412 g/mol. The van der Waals surface area contributed by atoms with Crippen LogP contribution in [0.1, 0.15) is 12.8 Å². The lowest BCUT2D eigenvalue weighted by molar-refractivity contribution is -0.129. The second-order valence-electron chi connectivity index (χ2n) is 7.42. The number of likely N-dealkylation sites (N-methyl/N-ethyl adjacent to an activating group) is 1. The van der Waals surface area contributed by atoms with Gasteiger partial charge in [-0.2, -0.15) is 4.31 Å². The number of carbonyl (C=O) groups is 1.